The lowest BCUT2D eigenvalue weighted by molar-refractivity contribution is 0.333. The van der Waals surface area contributed by atoms with Crippen molar-refractivity contribution in [3.63, 3.8) is 0 Å². The highest BCUT2D eigenvalue weighted by Gasteiger charge is 2.06. The van der Waals surface area contributed by atoms with Gasteiger partial charge in [-0.25, -0.2) is 0 Å². The lowest BCUT2D eigenvalue weighted by Crippen LogP contribution is -2.22. The van der Waals surface area contributed by atoms with E-state index in [-0.39, 0.29) is 0 Å². The fourth-order valence-corrected chi connectivity index (χ4v) is 1.48. The number of hydrogen-bond donors (Lipinski definition) is 0. The molecule has 0 fully saturated rings. The number of rotatable bonds is 4. The van der Waals surface area contributed by atoms with Crippen LogP contribution in [0.2, 0.25) is 0 Å². The first-order valence-electron chi connectivity index (χ1n) is 4.97. The Morgan fingerprint density at radius 2 is 1.85 bits per heavy atom. The maximum atomic E-state index is 2.34. The van der Waals surface area contributed by atoms with Crippen molar-refractivity contribution in [3.05, 3.63) is 35.9 Å². The Kier molecular flexibility index (Phi) is 3.97. The molecule has 1 unspecified atom stereocenters. The van der Waals surface area contributed by atoms with Gasteiger partial charge in [-0.05, 0) is 25.1 Å². The molecule has 0 heterocycles. The van der Waals surface area contributed by atoms with Crippen LogP contribution in [0.25, 0.3) is 0 Å². The number of nitrogens with zero attached hydrogens (tertiary/aromatic N) is 1. The first kappa shape index (κ1) is 10.3. The largest absolute Gasteiger partial charge is 0.306 e. The fraction of sp³-hybridized carbons (Fsp3) is 0.500. The van der Waals surface area contributed by atoms with Crippen LogP contribution in [-0.4, -0.2) is 25.0 Å². The average molecular weight is 177 g/mol. The monoisotopic (exact) mass is 177 g/mol. The summed E-state index contributed by atoms with van der Waals surface area (Å²) in [5.41, 5.74) is 1.43. The van der Waals surface area contributed by atoms with Gasteiger partial charge >= 0.3 is 0 Å². The van der Waals surface area contributed by atoms with Gasteiger partial charge in [-0.3, -0.25) is 0 Å². The fourth-order valence-electron chi connectivity index (χ4n) is 1.48. The summed E-state index contributed by atoms with van der Waals surface area (Å²) < 4.78 is 0. The van der Waals surface area contributed by atoms with Gasteiger partial charge in [0.05, 0.1) is 0 Å². The molecule has 13 heavy (non-hydrogen) atoms. The van der Waals surface area contributed by atoms with Crippen LogP contribution in [0, 0.1) is 0 Å². The van der Waals surface area contributed by atoms with Gasteiger partial charge in [-0.15, -0.1) is 0 Å². The van der Waals surface area contributed by atoms with Crippen LogP contribution in [0.15, 0.2) is 30.3 Å². The van der Waals surface area contributed by atoms with Crippen molar-refractivity contribution in [1.29, 1.82) is 0 Å². The van der Waals surface area contributed by atoms with Crippen molar-refractivity contribution in [1.82, 2.24) is 4.90 Å². The molecule has 1 aromatic carbocycles. The number of likely N-dealkylation sites (N-methyl/N-ethyl adjacent to an activating group) is 1. The molecule has 0 radical (unpaired) electrons. The molecule has 72 valence electrons. The topological polar surface area (TPSA) is 3.24 Å². The molecule has 0 aliphatic heterocycles. The third-order valence-electron chi connectivity index (χ3n) is 2.49. The quantitative estimate of drug-likeness (QED) is 0.683. The van der Waals surface area contributed by atoms with E-state index in [4.69, 9.17) is 0 Å². The van der Waals surface area contributed by atoms with E-state index >= 15 is 0 Å². The molecule has 0 saturated carbocycles. The van der Waals surface area contributed by atoms with Gasteiger partial charge in [0.2, 0.25) is 0 Å². The van der Waals surface area contributed by atoms with Gasteiger partial charge in [0.25, 0.3) is 0 Å². The summed E-state index contributed by atoms with van der Waals surface area (Å²) in [6.45, 7) is 6.73. The zero-order chi connectivity index (χ0) is 9.68. The van der Waals surface area contributed by atoms with E-state index in [2.05, 4.69) is 56.1 Å². The highest BCUT2D eigenvalue weighted by atomic mass is 15.1. The zero-order valence-electron chi connectivity index (χ0n) is 8.83. The Bertz CT molecular complexity index is 230. The standard InChI is InChI=1S/C12H19N/c1-4-13(3)10-11(2)12-8-6-5-7-9-12/h5-9,11H,4,10H2,1-3H3. The summed E-state index contributed by atoms with van der Waals surface area (Å²) >= 11 is 0. The van der Waals surface area contributed by atoms with Crippen molar-refractivity contribution < 1.29 is 0 Å². The minimum Gasteiger partial charge on any atom is -0.306 e. The second kappa shape index (κ2) is 5.03. The maximum Gasteiger partial charge on any atom is 0.00444 e. The van der Waals surface area contributed by atoms with Crippen LogP contribution in [0.5, 0.6) is 0 Å². The van der Waals surface area contributed by atoms with Crippen LogP contribution in [0.3, 0.4) is 0 Å². The Morgan fingerprint density at radius 3 is 2.38 bits per heavy atom. The van der Waals surface area contributed by atoms with E-state index in [1.807, 2.05) is 0 Å². The molecule has 1 nitrogen and oxygen atoms in total. The first-order chi connectivity index (χ1) is 6.24. The molecule has 0 bridgehead atoms. The smallest absolute Gasteiger partial charge is 0.00444 e. The summed E-state index contributed by atoms with van der Waals surface area (Å²) in [6.07, 6.45) is 0. The third-order valence-corrected chi connectivity index (χ3v) is 2.49. The van der Waals surface area contributed by atoms with E-state index < -0.39 is 0 Å². The van der Waals surface area contributed by atoms with Crippen LogP contribution >= 0.6 is 0 Å². The second-order valence-corrected chi connectivity index (χ2v) is 3.67. The number of benzene rings is 1. The Morgan fingerprint density at radius 1 is 1.23 bits per heavy atom. The van der Waals surface area contributed by atoms with E-state index in [9.17, 15) is 0 Å². The predicted octanol–water partition coefficient (Wildman–Crippen LogP) is 2.74. The van der Waals surface area contributed by atoms with Gasteiger partial charge in [0, 0.05) is 6.54 Å². The Hall–Kier alpha value is -0.820. The Balaban J connectivity index is 2.53. The molecule has 0 spiro atoms. The minimum atomic E-state index is 0.631. The highest BCUT2D eigenvalue weighted by Crippen LogP contribution is 2.14. The lowest BCUT2D eigenvalue weighted by atomic mass is 10.0. The first-order valence-corrected chi connectivity index (χ1v) is 4.97. The predicted molar refractivity (Wildman–Crippen MR) is 58.0 cm³/mol. The minimum absolute atomic E-state index is 0.631. The molecule has 0 amide bonds. The number of hydrogen-bond acceptors (Lipinski definition) is 1. The van der Waals surface area contributed by atoms with Crippen molar-refractivity contribution in [2.75, 3.05) is 20.1 Å². The van der Waals surface area contributed by atoms with Crippen molar-refractivity contribution in [3.8, 4) is 0 Å². The summed E-state index contributed by atoms with van der Waals surface area (Å²) in [4.78, 5) is 2.34. The Labute approximate surface area is 81.4 Å². The van der Waals surface area contributed by atoms with Gasteiger partial charge in [0.15, 0.2) is 0 Å². The molecule has 1 heteroatoms. The highest BCUT2D eigenvalue weighted by molar-refractivity contribution is 5.18. The van der Waals surface area contributed by atoms with Crippen LogP contribution < -0.4 is 0 Å². The van der Waals surface area contributed by atoms with E-state index in [0.29, 0.717) is 5.92 Å². The summed E-state index contributed by atoms with van der Waals surface area (Å²) in [5, 5.41) is 0. The molecule has 0 aliphatic carbocycles. The van der Waals surface area contributed by atoms with Crippen molar-refractivity contribution >= 4 is 0 Å². The van der Waals surface area contributed by atoms with E-state index in [1.165, 1.54) is 5.56 Å². The van der Waals surface area contributed by atoms with Gasteiger partial charge < -0.3 is 4.90 Å². The van der Waals surface area contributed by atoms with Crippen molar-refractivity contribution in [2.24, 2.45) is 0 Å². The average Bonchev–Trinajstić information content (AvgIpc) is 2.19. The SMILES string of the molecule is CCN(C)CC(C)c1ccccc1. The van der Waals surface area contributed by atoms with Gasteiger partial charge in [-0.1, -0.05) is 44.2 Å². The molecule has 0 aromatic heterocycles. The summed E-state index contributed by atoms with van der Waals surface area (Å²) in [7, 11) is 2.17. The van der Waals surface area contributed by atoms with Gasteiger partial charge in [0.1, 0.15) is 0 Å². The lowest BCUT2D eigenvalue weighted by Gasteiger charge is -2.19. The normalized spacial score (nSPS) is 13.2. The molecular weight excluding hydrogens is 158 g/mol. The molecule has 1 aromatic rings. The summed E-state index contributed by atoms with van der Waals surface area (Å²) in [6, 6.07) is 10.7. The zero-order valence-corrected chi connectivity index (χ0v) is 8.83. The van der Waals surface area contributed by atoms with Crippen molar-refractivity contribution in [2.45, 2.75) is 19.8 Å². The van der Waals surface area contributed by atoms with E-state index in [1.54, 1.807) is 0 Å². The molecule has 1 rings (SSSR count). The van der Waals surface area contributed by atoms with Crippen LogP contribution in [-0.2, 0) is 0 Å². The third kappa shape index (κ3) is 3.19. The molecular formula is C12H19N. The van der Waals surface area contributed by atoms with E-state index in [0.717, 1.165) is 13.1 Å². The van der Waals surface area contributed by atoms with Crippen LogP contribution in [0.1, 0.15) is 25.3 Å². The molecule has 0 N–H and O–H groups in total. The summed E-state index contributed by atoms with van der Waals surface area (Å²) in [5.74, 6) is 0.631. The molecule has 0 aliphatic rings. The second-order valence-electron chi connectivity index (χ2n) is 3.67. The van der Waals surface area contributed by atoms with Gasteiger partial charge in [-0.2, -0.15) is 0 Å². The molecule has 1 atom stereocenters. The van der Waals surface area contributed by atoms with Crippen LogP contribution in [0.4, 0.5) is 0 Å². The molecule has 0 saturated heterocycles. The maximum absolute atomic E-state index is 2.34.